The fourth-order valence-electron chi connectivity index (χ4n) is 1.20. The fraction of sp³-hybridized carbons (Fsp3) is 1.00. The number of hydrogen-bond donors (Lipinski definition) is 4. The molecule has 1 atom stereocenters. The maximum atomic E-state index is 10.7. The van der Waals surface area contributed by atoms with E-state index in [0.29, 0.717) is 13.0 Å². The summed E-state index contributed by atoms with van der Waals surface area (Å²) in [5.74, 6) is -0.989. The monoisotopic (exact) mass is 224 g/mol. The molecule has 0 aromatic rings. The van der Waals surface area contributed by atoms with Crippen LogP contribution in [0.3, 0.4) is 0 Å². The van der Waals surface area contributed by atoms with E-state index in [4.69, 9.17) is 21.3 Å². The van der Waals surface area contributed by atoms with Gasteiger partial charge in [0.25, 0.3) is 0 Å². The molecule has 1 unspecified atom stereocenters. The normalized spacial score (nSPS) is 14.3. The van der Waals surface area contributed by atoms with Crippen molar-refractivity contribution in [3.63, 3.8) is 0 Å². The van der Waals surface area contributed by atoms with Crippen molar-refractivity contribution >= 4 is 7.60 Å². The summed E-state index contributed by atoms with van der Waals surface area (Å²) in [5.41, 5.74) is 10.6. The summed E-state index contributed by atoms with van der Waals surface area (Å²) in [6.45, 7) is 0.710. The molecule has 0 aliphatic heterocycles. The third kappa shape index (κ3) is 7.47. The lowest BCUT2D eigenvalue weighted by Gasteiger charge is -2.12. The molecule has 0 aromatic carbocycles. The van der Waals surface area contributed by atoms with E-state index in [2.05, 4.69) is 0 Å². The predicted molar refractivity (Wildman–Crippen MR) is 56.8 cm³/mol. The number of unbranched alkanes of at least 4 members (excludes halogenated alkanes) is 4. The quantitative estimate of drug-likeness (QED) is 0.359. The second-order valence-corrected chi connectivity index (χ2v) is 5.34. The fourth-order valence-corrected chi connectivity index (χ4v) is 1.72. The van der Waals surface area contributed by atoms with Crippen LogP contribution in [0.25, 0.3) is 0 Å². The Hall–Kier alpha value is 0.0700. The van der Waals surface area contributed by atoms with Gasteiger partial charge in [-0.25, -0.2) is 0 Å². The first kappa shape index (κ1) is 14.1. The van der Waals surface area contributed by atoms with Gasteiger partial charge in [0.1, 0.15) is 5.78 Å². The van der Waals surface area contributed by atoms with Gasteiger partial charge in [-0.05, 0) is 19.4 Å². The molecule has 6 N–H and O–H groups in total. The van der Waals surface area contributed by atoms with Gasteiger partial charge in [0.15, 0.2) is 0 Å². The largest absolute Gasteiger partial charge is 0.342 e. The Balaban J connectivity index is 3.32. The first-order chi connectivity index (χ1) is 6.48. The molecule has 0 spiro atoms. The maximum Gasteiger partial charge on any atom is 0.342 e. The Morgan fingerprint density at radius 1 is 1.07 bits per heavy atom. The van der Waals surface area contributed by atoms with Gasteiger partial charge in [-0.15, -0.1) is 0 Å². The molecule has 5 nitrogen and oxygen atoms in total. The Morgan fingerprint density at radius 3 is 2.07 bits per heavy atom. The summed E-state index contributed by atoms with van der Waals surface area (Å²) >= 11 is 0. The van der Waals surface area contributed by atoms with E-state index in [1.165, 1.54) is 0 Å². The van der Waals surface area contributed by atoms with Gasteiger partial charge in [-0.3, -0.25) is 4.57 Å². The molecule has 0 saturated heterocycles. The molecular weight excluding hydrogens is 203 g/mol. The van der Waals surface area contributed by atoms with E-state index < -0.39 is 13.4 Å². The maximum absolute atomic E-state index is 10.7. The number of nitrogens with two attached hydrogens (primary N) is 2. The molecule has 0 fully saturated rings. The molecule has 0 aliphatic rings. The minimum Gasteiger partial charge on any atom is -0.330 e. The highest BCUT2D eigenvalue weighted by atomic mass is 31.2. The van der Waals surface area contributed by atoms with Crippen LogP contribution in [0, 0.1) is 0 Å². The van der Waals surface area contributed by atoms with Gasteiger partial charge in [0.2, 0.25) is 0 Å². The SMILES string of the molecule is NCCCCCCCC(N)P(=O)(O)O. The Bertz CT molecular complexity index is 183. The van der Waals surface area contributed by atoms with E-state index in [9.17, 15) is 4.57 Å². The minimum atomic E-state index is -4.06. The van der Waals surface area contributed by atoms with E-state index in [1.807, 2.05) is 0 Å². The molecule has 6 heteroatoms. The van der Waals surface area contributed by atoms with Crippen molar-refractivity contribution in [2.75, 3.05) is 6.54 Å². The van der Waals surface area contributed by atoms with Crippen molar-refractivity contribution in [3.8, 4) is 0 Å². The molecular formula is C8H21N2O3P. The van der Waals surface area contributed by atoms with E-state index in [1.54, 1.807) is 0 Å². The molecule has 0 aliphatic carbocycles. The van der Waals surface area contributed by atoms with Crippen molar-refractivity contribution in [2.45, 2.75) is 44.3 Å². The second kappa shape index (κ2) is 7.37. The number of rotatable bonds is 8. The lowest BCUT2D eigenvalue weighted by atomic mass is 10.1. The summed E-state index contributed by atoms with van der Waals surface area (Å²) in [6, 6.07) is 0. The third-order valence-corrected chi connectivity index (χ3v) is 3.26. The van der Waals surface area contributed by atoms with Crippen molar-refractivity contribution in [1.82, 2.24) is 0 Å². The zero-order valence-electron chi connectivity index (χ0n) is 8.43. The molecule has 0 amide bonds. The van der Waals surface area contributed by atoms with Crippen LogP contribution >= 0.6 is 7.60 Å². The topological polar surface area (TPSA) is 110 Å². The predicted octanol–water partition coefficient (Wildman–Crippen LogP) is 0.748. The van der Waals surface area contributed by atoms with Crippen LogP contribution in [-0.4, -0.2) is 22.1 Å². The standard InChI is InChI=1S/C8H21N2O3P/c9-7-5-3-1-2-4-6-8(10)14(11,12)13/h8H,1-7,9-10H2,(H2,11,12,13). The van der Waals surface area contributed by atoms with Crippen molar-refractivity contribution < 1.29 is 14.4 Å². The Kier molecular flexibility index (Phi) is 7.41. The average Bonchev–Trinajstić information content (AvgIpc) is 2.09. The van der Waals surface area contributed by atoms with Gasteiger partial charge in [0, 0.05) is 0 Å². The van der Waals surface area contributed by atoms with E-state index in [-0.39, 0.29) is 0 Å². The summed E-state index contributed by atoms with van der Waals surface area (Å²) in [4.78, 5) is 17.4. The molecule has 0 radical (unpaired) electrons. The highest BCUT2D eigenvalue weighted by Crippen LogP contribution is 2.40. The van der Waals surface area contributed by atoms with E-state index >= 15 is 0 Å². The Morgan fingerprint density at radius 2 is 1.57 bits per heavy atom. The smallest absolute Gasteiger partial charge is 0.330 e. The van der Waals surface area contributed by atoms with Crippen LogP contribution in [0.15, 0.2) is 0 Å². The lowest BCUT2D eigenvalue weighted by Crippen LogP contribution is -2.19. The van der Waals surface area contributed by atoms with Crippen LogP contribution < -0.4 is 11.5 Å². The Labute approximate surface area is 85.0 Å². The van der Waals surface area contributed by atoms with Gasteiger partial charge in [-0.2, -0.15) is 0 Å². The molecule has 0 aromatic heterocycles. The highest BCUT2D eigenvalue weighted by Gasteiger charge is 2.23. The molecule has 0 bridgehead atoms. The van der Waals surface area contributed by atoms with Crippen molar-refractivity contribution in [1.29, 1.82) is 0 Å². The summed E-state index contributed by atoms with van der Waals surface area (Å²) < 4.78 is 10.7. The van der Waals surface area contributed by atoms with Crippen LogP contribution in [0.5, 0.6) is 0 Å². The lowest BCUT2D eigenvalue weighted by molar-refractivity contribution is 0.353. The summed E-state index contributed by atoms with van der Waals surface area (Å²) in [6.07, 6.45) is 5.30. The molecule has 0 saturated carbocycles. The average molecular weight is 224 g/mol. The van der Waals surface area contributed by atoms with Crippen LogP contribution in [0.2, 0.25) is 0 Å². The van der Waals surface area contributed by atoms with Crippen LogP contribution in [0.1, 0.15) is 38.5 Å². The van der Waals surface area contributed by atoms with Gasteiger partial charge in [-0.1, -0.05) is 25.7 Å². The van der Waals surface area contributed by atoms with Gasteiger partial charge in [0.05, 0.1) is 0 Å². The third-order valence-electron chi connectivity index (χ3n) is 2.14. The van der Waals surface area contributed by atoms with Crippen LogP contribution in [-0.2, 0) is 4.57 Å². The zero-order chi connectivity index (χ0) is 11.0. The summed E-state index contributed by atoms with van der Waals surface area (Å²) in [7, 11) is -4.06. The summed E-state index contributed by atoms with van der Waals surface area (Å²) in [5, 5.41) is 0. The van der Waals surface area contributed by atoms with Crippen LogP contribution in [0.4, 0.5) is 0 Å². The van der Waals surface area contributed by atoms with Crippen molar-refractivity contribution in [3.05, 3.63) is 0 Å². The highest BCUT2D eigenvalue weighted by molar-refractivity contribution is 7.52. The van der Waals surface area contributed by atoms with Gasteiger partial charge >= 0.3 is 7.60 Å². The first-order valence-corrected chi connectivity index (χ1v) is 6.67. The second-order valence-electron chi connectivity index (χ2n) is 3.50. The first-order valence-electron chi connectivity index (χ1n) is 4.99. The number of hydrogen-bond acceptors (Lipinski definition) is 3. The van der Waals surface area contributed by atoms with Gasteiger partial charge < -0.3 is 21.3 Å². The molecule has 86 valence electrons. The zero-order valence-corrected chi connectivity index (χ0v) is 9.33. The van der Waals surface area contributed by atoms with Crippen molar-refractivity contribution in [2.24, 2.45) is 11.5 Å². The molecule has 0 rings (SSSR count). The van der Waals surface area contributed by atoms with E-state index in [0.717, 1.165) is 32.1 Å². The minimum absolute atomic E-state index is 0.396. The molecule has 14 heavy (non-hydrogen) atoms. The molecule has 0 heterocycles.